The number of methoxy groups -OCH3 is 1. The maximum atomic E-state index is 11.1. The van der Waals surface area contributed by atoms with Gasteiger partial charge in [-0.05, 0) is 24.0 Å². The summed E-state index contributed by atoms with van der Waals surface area (Å²) < 4.78 is 4.66. The number of carbonyl (C=O) groups is 1. The molecular weight excluding hydrogens is 350 g/mol. The van der Waals surface area contributed by atoms with Gasteiger partial charge in [-0.3, -0.25) is 9.79 Å². The molecule has 0 saturated carbocycles. The summed E-state index contributed by atoms with van der Waals surface area (Å²) in [5, 5.41) is 6.80. The van der Waals surface area contributed by atoms with Gasteiger partial charge in [-0.25, -0.2) is 0 Å². The van der Waals surface area contributed by atoms with Crippen molar-refractivity contribution < 1.29 is 9.53 Å². The summed E-state index contributed by atoms with van der Waals surface area (Å²) in [4.78, 5) is 15.4. The average Bonchev–Trinajstić information content (AvgIpc) is 2.76. The van der Waals surface area contributed by atoms with Gasteiger partial charge in [0.2, 0.25) is 0 Å². The van der Waals surface area contributed by atoms with Crippen LogP contribution in [0.4, 0.5) is 0 Å². The molecular formula is C23H31N3O2. The number of rotatable bonds is 10. The molecule has 2 rings (SSSR count). The molecule has 28 heavy (non-hydrogen) atoms. The molecule has 0 heterocycles. The number of guanidine groups is 1. The lowest BCUT2D eigenvalue weighted by atomic mass is 9.91. The van der Waals surface area contributed by atoms with Crippen LogP contribution in [-0.4, -0.2) is 39.2 Å². The van der Waals surface area contributed by atoms with E-state index in [-0.39, 0.29) is 11.9 Å². The third-order valence-corrected chi connectivity index (χ3v) is 4.68. The second-order valence-corrected chi connectivity index (χ2v) is 6.64. The number of unbranched alkanes of at least 4 members (excludes halogenated alkanes) is 2. The fourth-order valence-electron chi connectivity index (χ4n) is 3.10. The largest absolute Gasteiger partial charge is 0.469 e. The first-order valence-electron chi connectivity index (χ1n) is 9.85. The lowest BCUT2D eigenvalue weighted by Crippen LogP contribution is -2.40. The van der Waals surface area contributed by atoms with E-state index in [1.807, 2.05) is 12.1 Å². The van der Waals surface area contributed by atoms with Crippen LogP contribution >= 0.6 is 0 Å². The molecule has 0 atom stereocenters. The zero-order chi connectivity index (χ0) is 20.0. The predicted molar refractivity (Wildman–Crippen MR) is 115 cm³/mol. The highest BCUT2D eigenvalue weighted by Gasteiger charge is 2.14. The molecule has 0 saturated heterocycles. The van der Waals surface area contributed by atoms with Crippen LogP contribution in [0.25, 0.3) is 0 Å². The Labute approximate surface area is 168 Å². The van der Waals surface area contributed by atoms with E-state index in [4.69, 9.17) is 0 Å². The summed E-state index contributed by atoms with van der Waals surface area (Å²) in [6.45, 7) is 1.58. The molecule has 0 radical (unpaired) electrons. The van der Waals surface area contributed by atoms with Crippen LogP contribution in [0.2, 0.25) is 0 Å². The second-order valence-electron chi connectivity index (χ2n) is 6.64. The van der Waals surface area contributed by atoms with E-state index in [2.05, 4.69) is 68.9 Å². The maximum Gasteiger partial charge on any atom is 0.305 e. The molecule has 2 aromatic carbocycles. The Morgan fingerprint density at radius 2 is 1.54 bits per heavy atom. The number of hydrogen-bond donors (Lipinski definition) is 2. The van der Waals surface area contributed by atoms with Gasteiger partial charge in [-0.15, -0.1) is 0 Å². The van der Waals surface area contributed by atoms with Crippen LogP contribution in [0.5, 0.6) is 0 Å². The van der Waals surface area contributed by atoms with Crippen LogP contribution < -0.4 is 10.6 Å². The van der Waals surface area contributed by atoms with E-state index in [1.54, 1.807) is 7.05 Å². The minimum atomic E-state index is -0.140. The first kappa shape index (κ1) is 21.5. The van der Waals surface area contributed by atoms with Crippen molar-refractivity contribution in [2.75, 3.05) is 27.2 Å². The zero-order valence-corrected chi connectivity index (χ0v) is 16.9. The Morgan fingerprint density at radius 1 is 0.929 bits per heavy atom. The Bertz CT molecular complexity index is 678. The van der Waals surface area contributed by atoms with Crippen molar-refractivity contribution in [3.8, 4) is 0 Å². The van der Waals surface area contributed by atoms with Crippen molar-refractivity contribution in [1.82, 2.24) is 10.6 Å². The van der Waals surface area contributed by atoms with Crippen molar-refractivity contribution in [1.29, 1.82) is 0 Å². The zero-order valence-electron chi connectivity index (χ0n) is 16.9. The van der Waals surface area contributed by atoms with Crippen LogP contribution in [-0.2, 0) is 9.53 Å². The average molecular weight is 382 g/mol. The van der Waals surface area contributed by atoms with Crippen molar-refractivity contribution in [2.45, 2.75) is 31.6 Å². The first-order chi connectivity index (χ1) is 13.7. The fraction of sp³-hybridized carbons (Fsp3) is 0.391. The summed E-state index contributed by atoms with van der Waals surface area (Å²) in [5.74, 6) is 0.907. The molecule has 150 valence electrons. The SMILES string of the molecule is CN=C(NCCCCCC(=O)OC)NCC(c1ccccc1)c1ccccc1. The summed E-state index contributed by atoms with van der Waals surface area (Å²) in [7, 11) is 3.21. The van der Waals surface area contributed by atoms with Gasteiger partial charge in [-0.1, -0.05) is 67.1 Å². The molecule has 0 amide bonds. The van der Waals surface area contributed by atoms with Crippen molar-refractivity contribution in [3.05, 3.63) is 71.8 Å². The molecule has 0 unspecified atom stereocenters. The predicted octanol–water partition coefficient (Wildman–Crippen LogP) is 3.72. The molecule has 0 fully saturated rings. The highest BCUT2D eigenvalue weighted by molar-refractivity contribution is 5.79. The maximum absolute atomic E-state index is 11.1. The molecule has 0 aromatic heterocycles. The minimum absolute atomic E-state index is 0.140. The number of carbonyl (C=O) groups excluding carboxylic acids is 1. The van der Waals surface area contributed by atoms with Crippen LogP contribution in [0, 0.1) is 0 Å². The van der Waals surface area contributed by atoms with E-state index in [0.29, 0.717) is 6.42 Å². The van der Waals surface area contributed by atoms with Crippen molar-refractivity contribution in [3.63, 3.8) is 0 Å². The standard InChI is InChI=1S/C23H31N3O2/c1-24-23(25-17-11-5-10-16-22(27)28-2)26-18-21(19-12-6-3-7-13-19)20-14-8-4-9-15-20/h3-4,6-9,12-15,21H,5,10-11,16-18H2,1-2H3,(H2,24,25,26). The number of nitrogens with zero attached hydrogens (tertiary/aromatic N) is 1. The molecule has 2 N–H and O–H groups in total. The van der Waals surface area contributed by atoms with E-state index in [1.165, 1.54) is 18.2 Å². The monoisotopic (exact) mass is 381 g/mol. The first-order valence-corrected chi connectivity index (χ1v) is 9.85. The highest BCUT2D eigenvalue weighted by atomic mass is 16.5. The summed E-state index contributed by atoms with van der Waals surface area (Å²) in [6.07, 6.45) is 3.30. The lowest BCUT2D eigenvalue weighted by molar-refractivity contribution is -0.140. The van der Waals surface area contributed by atoms with Gasteiger partial charge >= 0.3 is 5.97 Å². The Hall–Kier alpha value is -2.82. The van der Waals surface area contributed by atoms with Crippen LogP contribution in [0.1, 0.15) is 42.7 Å². The highest BCUT2D eigenvalue weighted by Crippen LogP contribution is 2.23. The number of nitrogens with one attached hydrogen (secondary N) is 2. The lowest BCUT2D eigenvalue weighted by Gasteiger charge is -2.20. The molecule has 5 nitrogen and oxygen atoms in total. The van der Waals surface area contributed by atoms with E-state index < -0.39 is 0 Å². The number of aliphatic imine (C=N–C) groups is 1. The summed E-state index contributed by atoms with van der Waals surface area (Å²) in [6, 6.07) is 21.0. The molecule has 0 bridgehead atoms. The summed E-state index contributed by atoms with van der Waals surface area (Å²) in [5.41, 5.74) is 2.55. The number of hydrogen-bond acceptors (Lipinski definition) is 3. The Kier molecular flexibility index (Phi) is 9.62. The van der Waals surface area contributed by atoms with Gasteiger partial charge in [0, 0.05) is 32.5 Å². The van der Waals surface area contributed by atoms with Crippen LogP contribution in [0.3, 0.4) is 0 Å². The minimum Gasteiger partial charge on any atom is -0.469 e. The Morgan fingerprint density at radius 3 is 2.07 bits per heavy atom. The van der Waals surface area contributed by atoms with E-state index in [0.717, 1.165) is 38.3 Å². The molecule has 0 aliphatic heterocycles. The van der Waals surface area contributed by atoms with Gasteiger partial charge in [-0.2, -0.15) is 0 Å². The fourth-order valence-corrected chi connectivity index (χ4v) is 3.10. The molecule has 0 aliphatic rings. The third kappa shape index (κ3) is 7.43. The number of esters is 1. The smallest absolute Gasteiger partial charge is 0.305 e. The van der Waals surface area contributed by atoms with Gasteiger partial charge < -0.3 is 15.4 Å². The summed E-state index contributed by atoms with van der Waals surface area (Å²) >= 11 is 0. The molecule has 5 heteroatoms. The van der Waals surface area contributed by atoms with Gasteiger partial charge in [0.1, 0.15) is 0 Å². The van der Waals surface area contributed by atoms with E-state index in [9.17, 15) is 4.79 Å². The Balaban J connectivity index is 1.83. The molecule has 0 spiro atoms. The topological polar surface area (TPSA) is 62.7 Å². The third-order valence-electron chi connectivity index (χ3n) is 4.68. The quantitative estimate of drug-likeness (QED) is 0.285. The number of benzene rings is 2. The van der Waals surface area contributed by atoms with Gasteiger partial charge in [0.15, 0.2) is 5.96 Å². The van der Waals surface area contributed by atoms with Crippen molar-refractivity contribution >= 4 is 11.9 Å². The van der Waals surface area contributed by atoms with Gasteiger partial charge in [0.25, 0.3) is 0 Å². The molecule has 2 aromatic rings. The van der Waals surface area contributed by atoms with E-state index >= 15 is 0 Å². The number of ether oxygens (including phenoxy) is 1. The molecule has 0 aliphatic carbocycles. The van der Waals surface area contributed by atoms with Crippen LogP contribution in [0.15, 0.2) is 65.7 Å². The van der Waals surface area contributed by atoms with Gasteiger partial charge in [0.05, 0.1) is 7.11 Å². The van der Waals surface area contributed by atoms with Crippen molar-refractivity contribution in [2.24, 2.45) is 4.99 Å². The second kappa shape index (κ2) is 12.5. The normalized spacial score (nSPS) is 11.3.